The molecule has 0 atom stereocenters. The predicted octanol–water partition coefficient (Wildman–Crippen LogP) is 3.32. The summed E-state index contributed by atoms with van der Waals surface area (Å²) in [7, 11) is -7.68. The first kappa shape index (κ1) is 17.4. The van der Waals surface area contributed by atoms with Crippen LogP contribution in [0.1, 0.15) is 5.56 Å². The molecule has 130 valence electrons. The Morgan fingerprint density at radius 3 is 2.16 bits per heavy atom. The zero-order chi connectivity index (χ0) is 18.2. The second kappa shape index (κ2) is 6.16. The number of rotatable bonds is 4. The van der Waals surface area contributed by atoms with Crippen molar-refractivity contribution < 1.29 is 21.0 Å². The molecule has 0 aromatic heterocycles. The third kappa shape index (κ3) is 3.67. The smallest absolute Gasteiger partial charge is 0.339 e. The minimum atomic E-state index is -4.16. The van der Waals surface area contributed by atoms with Crippen molar-refractivity contribution in [3.63, 3.8) is 0 Å². The van der Waals surface area contributed by atoms with Gasteiger partial charge in [0.15, 0.2) is 9.84 Å². The van der Waals surface area contributed by atoms with Gasteiger partial charge in [-0.15, -0.1) is 0 Å². The van der Waals surface area contributed by atoms with Gasteiger partial charge in [0.05, 0.1) is 4.90 Å². The van der Waals surface area contributed by atoms with Crippen LogP contribution in [0.4, 0.5) is 0 Å². The molecule has 0 aliphatic rings. The Labute approximate surface area is 146 Å². The van der Waals surface area contributed by atoms with Gasteiger partial charge in [-0.25, -0.2) is 8.42 Å². The topological polar surface area (TPSA) is 77.5 Å². The molecule has 0 fully saturated rings. The molecule has 3 aromatic carbocycles. The summed E-state index contributed by atoms with van der Waals surface area (Å²) in [5, 5.41) is 1.80. The van der Waals surface area contributed by atoms with Crippen molar-refractivity contribution >= 4 is 30.7 Å². The SMILES string of the molecule is Cc1ccc(S(C)(=O)=O)cc1S(=O)(=O)Oc1ccc2ccccc2c1. The molecule has 0 unspecified atom stereocenters. The lowest BCUT2D eigenvalue weighted by atomic mass is 10.1. The van der Waals surface area contributed by atoms with Crippen LogP contribution in [0, 0.1) is 6.92 Å². The molecule has 0 N–H and O–H groups in total. The van der Waals surface area contributed by atoms with Crippen LogP contribution in [-0.2, 0) is 20.0 Å². The Balaban J connectivity index is 2.04. The van der Waals surface area contributed by atoms with E-state index in [1.165, 1.54) is 12.1 Å². The van der Waals surface area contributed by atoms with Gasteiger partial charge < -0.3 is 4.18 Å². The highest BCUT2D eigenvalue weighted by molar-refractivity contribution is 7.90. The Morgan fingerprint density at radius 2 is 1.48 bits per heavy atom. The van der Waals surface area contributed by atoms with E-state index in [0.717, 1.165) is 23.1 Å². The summed E-state index contributed by atoms with van der Waals surface area (Å²) >= 11 is 0. The van der Waals surface area contributed by atoms with Gasteiger partial charge in [-0.3, -0.25) is 0 Å². The Morgan fingerprint density at radius 1 is 0.800 bits per heavy atom. The van der Waals surface area contributed by atoms with E-state index in [2.05, 4.69) is 0 Å². The lowest BCUT2D eigenvalue weighted by Gasteiger charge is -2.11. The minimum Gasteiger partial charge on any atom is -0.379 e. The molecular weight excluding hydrogens is 360 g/mol. The average Bonchev–Trinajstić information content (AvgIpc) is 2.53. The van der Waals surface area contributed by atoms with Crippen LogP contribution in [-0.4, -0.2) is 23.1 Å². The van der Waals surface area contributed by atoms with Crippen LogP contribution in [0.15, 0.2) is 70.5 Å². The van der Waals surface area contributed by atoms with Crippen LogP contribution in [0.5, 0.6) is 5.75 Å². The molecule has 0 spiro atoms. The lowest BCUT2D eigenvalue weighted by Crippen LogP contribution is -2.12. The average molecular weight is 376 g/mol. The fourth-order valence-electron chi connectivity index (χ4n) is 2.47. The Kier molecular flexibility index (Phi) is 4.30. The third-order valence-electron chi connectivity index (χ3n) is 3.78. The normalized spacial score (nSPS) is 12.2. The number of benzene rings is 3. The largest absolute Gasteiger partial charge is 0.379 e. The first-order valence-corrected chi connectivity index (χ1v) is 10.7. The third-order valence-corrected chi connectivity index (χ3v) is 6.28. The highest BCUT2D eigenvalue weighted by Gasteiger charge is 2.22. The van der Waals surface area contributed by atoms with Gasteiger partial charge in [0, 0.05) is 6.26 Å². The number of fused-ring (bicyclic) bond motifs is 1. The standard InChI is InChI=1S/C18H16O5S2/c1-13-7-10-17(24(2,19)20)12-18(13)25(21,22)23-16-9-8-14-5-3-4-6-15(14)11-16/h3-12H,1-2H3. The summed E-state index contributed by atoms with van der Waals surface area (Å²) in [6.07, 6.45) is 1.03. The van der Waals surface area contributed by atoms with Gasteiger partial charge in [0.25, 0.3) is 0 Å². The first-order chi connectivity index (χ1) is 11.7. The summed E-state index contributed by atoms with van der Waals surface area (Å²) in [4.78, 5) is -0.234. The van der Waals surface area contributed by atoms with E-state index in [4.69, 9.17) is 4.18 Å². The summed E-state index contributed by atoms with van der Waals surface area (Å²) in [5.41, 5.74) is 0.410. The van der Waals surface area contributed by atoms with Crippen LogP contribution in [0.25, 0.3) is 10.8 Å². The zero-order valence-corrected chi connectivity index (χ0v) is 15.3. The van der Waals surface area contributed by atoms with Gasteiger partial charge in [-0.1, -0.05) is 36.4 Å². The van der Waals surface area contributed by atoms with E-state index < -0.39 is 20.0 Å². The molecule has 0 bridgehead atoms. The van der Waals surface area contributed by atoms with Crippen molar-refractivity contribution in [1.82, 2.24) is 0 Å². The van der Waals surface area contributed by atoms with Crippen LogP contribution in [0.2, 0.25) is 0 Å². The Hall–Kier alpha value is -2.38. The minimum absolute atomic E-state index is 0.0706. The maximum Gasteiger partial charge on any atom is 0.339 e. The van der Waals surface area contributed by atoms with Crippen molar-refractivity contribution in [3.8, 4) is 5.75 Å². The molecule has 7 heteroatoms. The highest BCUT2D eigenvalue weighted by atomic mass is 32.2. The molecule has 0 aliphatic carbocycles. The van der Waals surface area contributed by atoms with E-state index in [1.54, 1.807) is 25.1 Å². The molecule has 0 saturated heterocycles. The molecule has 25 heavy (non-hydrogen) atoms. The summed E-state index contributed by atoms with van der Waals surface area (Å²) in [5.74, 6) is 0.169. The second-order valence-electron chi connectivity index (χ2n) is 5.75. The molecule has 0 saturated carbocycles. The fourth-order valence-corrected chi connectivity index (χ4v) is 4.37. The Bertz CT molecular complexity index is 1160. The van der Waals surface area contributed by atoms with Crippen molar-refractivity contribution in [1.29, 1.82) is 0 Å². The molecule has 3 rings (SSSR count). The van der Waals surface area contributed by atoms with Crippen molar-refractivity contribution in [2.45, 2.75) is 16.7 Å². The molecule has 0 heterocycles. The molecule has 0 aliphatic heterocycles. The fraction of sp³-hybridized carbons (Fsp3) is 0.111. The first-order valence-electron chi connectivity index (χ1n) is 7.41. The molecule has 5 nitrogen and oxygen atoms in total. The number of aryl methyl sites for hydroxylation is 1. The molecular formula is C18H16O5S2. The van der Waals surface area contributed by atoms with Crippen LogP contribution >= 0.6 is 0 Å². The molecule has 0 amide bonds. The van der Waals surface area contributed by atoms with Crippen molar-refractivity contribution in [3.05, 3.63) is 66.2 Å². The van der Waals surface area contributed by atoms with Gasteiger partial charge >= 0.3 is 10.1 Å². The van der Waals surface area contributed by atoms with E-state index in [9.17, 15) is 16.8 Å². The van der Waals surface area contributed by atoms with Crippen LogP contribution < -0.4 is 4.18 Å². The van der Waals surface area contributed by atoms with Gasteiger partial charge in [-0.2, -0.15) is 8.42 Å². The van der Waals surface area contributed by atoms with Crippen LogP contribution in [0.3, 0.4) is 0 Å². The summed E-state index contributed by atoms with van der Waals surface area (Å²) in [6.45, 7) is 1.59. The number of hydrogen-bond donors (Lipinski definition) is 0. The summed E-state index contributed by atoms with van der Waals surface area (Å²) in [6, 6.07) is 16.4. The van der Waals surface area contributed by atoms with Gasteiger partial charge in [0.2, 0.25) is 0 Å². The highest BCUT2D eigenvalue weighted by Crippen LogP contribution is 2.26. The number of hydrogen-bond acceptors (Lipinski definition) is 5. The quantitative estimate of drug-likeness (QED) is 0.653. The van der Waals surface area contributed by atoms with E-state index >= 15 is 0 Å². The number of sulfone groups is 1. The lowest BCUT2D eigenvalue weighted by molar-refractivity contribution is 0.485. The van der Waals surface area contributed by atoms with E-state index in [0.29, 0.717) is 5.56 Å². The summed E-state index contributed by atoms with van der Waals surface area (Å²) < 4.78 is 53.8. The van der Waals surface area contributed by atoms with Gasteiger partial charge in [0.1, 0.15) is 10.6 Å². The monoisotopic (exact) mass is 376 g/mol. The van der Waals surface area contributed by atoms with E-state index in [1.807, 2.05) is 24.3 Å². The van der Waals surface area contributed by atoms with Crippen molar-refractivity contribution in [2.24, 2.45) is 0 Å². The molecule has 3 aromatic rings. The van der Waals surface area contributed by atoms with Crippen molar-refractivity contribution in [2.75, 3.05) is 6.26 Å². The van der Waals surface area contributed by atoms with E-state index in [-0.39, 0.29) is 15.5 Å². The maximum atomic E-state index is 12.6. The second-order valence-corrected chi connectivity index (χ2v) is 9.28. The zero-order valence-electron chi connectivity index (χ0n) is 13.6. The maximum absolute atomic E-state index is 12.6. The van der Waals surface area contributed by atoms with Gasteiger partial charge in [-0.05, 0) is 47.5 Å². The predicted molar refractivity (Wildman–Crippen MR) is 96.1 cm³/mol. The molecule has 0 radical (unpaired) electrons.